The van der Waals surface area contributed by atoms with Crippen molar-refractivity contribution in [1.82, 2.24) is 0 Å². The van der Waals surface area contributed by atoms with Crippen molar-refractivity contribution in [2.45, 2.75) is 115 Å². The number of phenols is 2. The summed E-state index contributed by atoms with van der Waals surface area (Å²) in [7, 11) is 2.14. The molecule has 13 atom stereocenters. The highest BCUT2D eigenvalue weighted by Gasteiger charge is 2.78. The van der Waals surface area contributed by atoms with Gasteiger partial charge in [0.05, 0.1) is 62.6 Å². The van der Waals surface area contributed by atoms with Gasteiger partial charge in [-0.05, 0) is 44.9 Å². The van der Waals surface area contributed by atoms with Gasteiger partial charge >= 0.3 is 17.9 Å². The Bertz CT molecular complexity index is 2280. The number of carbonyl (C=O) groups is 7. The average Bonchev–Trinajstić information content (AvgIpc) is 3.22. The fraction of sp³-hybridized carbons (Fsp3) is 0.525. The van der Waals surface area contributed by atoms with Gasteiger partial charge in [-0.25, -0.2) is 4.79 Å². The largest absolute Gasteiger partial charge is 0.507 e. The first-order chi connectivity index (χ1) is 29.1. The first-order valence-corrected chi connectivity index (χ1v) is 19.9. The van der Waals surface area contributed by atoms with Crippen LogP contribution in [-0.2, 0) is 38.1 Å². The molecule has 8 N–H and O–H groups in total. The average molecular weight is 891 g/mol. The number of carbonyl (C=O) groups excluding carboxylic acids is 6. The number of phenolic OH excluding ortho intramolecular Hbond substituents is 2. The molecule has 0 saturated carbocycles. The van der Waals surface area contributed by atoms with Gasteiger partial charge in [-0.15, -0.1) is 11.8 Å². The monoisotopic (exact) mass is 890 g/mol. The minimum absolute atomic E-state index is 0.226. The lowest BCUT2D eigenvalue weighted by molar-refractivity contribution is -0.271. The molecule has 3 saturated heterocycles. The third-order valence-corrected chi connectivity index (χ3v) is 14.5. The zero-order valence-corrected chi connectivity index (χ0v) is 34.0. The van der Waals surface area contributed by atoms with Gasteiger partial charge in [-0.2, -0.15) is 0 Å². The number of fused-ring (bicyclic) bond motifs is 4. The van der Waals surface area contributed by atoms with Crippen LogP contribution in [0.5, 0.6) is 17.2 Å². The summed E-state index contributed by atoms with van der Waals surface area (Å²) in [5.41, 5.74) is -8.76. The number of rotatable bonds is 9. The number of benzene rings is 2. The quantitative estimate of drug-likeness (QED) is 0.140. The van der Waals surface area contributed by atoms with Crippen LogP contribution in [-0.4, -0.2) is 172 Å². The van der Waals surface area contributed by atoms with Crippen molar-refractivity contribution in [3.63, 3.8) is 0 Å². The summed E-state index contributed by atoms with van der Waals surface area (Å²) < 4.78 is 26.9. The molecule has 7 rings (SSSR count). The molecule has 2 aliphatic carbocycles. The van der Waals surface area contributed by atoms with E-state index in [-0.39, 0.29) is 11.8 Å². The Hall–Kier alpha value is -5.04. The molecule has 0 radical (unpaired) electrons. The summed E-state index contributed by atoms with van der Waals surface area (Å²) in [4.78, 5) is 97.6. The van der Waals surface area contributed by atoms with E-state index >= 15 is 14.4 Å². The number of aliphatic carboxylic acids is 1. The van der Waals surface area contributed by atoms with Crippen LogP contribution in [0.1, 0.15) is 81.0 Å². The number of ketones is 4. The van der Waals surface area contributed by atoms with E-state index in [1.807, 2.05) is 0 Å². The van der Waals surface area contributed by atoms with Crippen LogP contribution in [0.3, 0.4) is 0 Å². The van der Waals surface area contributed by atoms with E-state index in [1.54, 1.807) is 0 Å². The molecule has 3 heterocycles. The molecule has 2 aromatic carbocycles. The normalized spacial score (nSPS) is 37.6. The summed E-state index contributed by atoms with van der Waals surface area (Å²) in [6.07, 6.45) is -19.5. The Morgan fingerprint density at radius 2 is 1.21 bits per heavy atom. The molecule has 3 aliphatic heterocycles. The SMILES string of the molecule is COC(=O)C[C@H]1C[C@@]2(S[C@@]34C[C@H](CC(=O)OC)O[C@@H](C)[C@@]3(O)C(=O)c3c(ccc(O[C@H]5O[C@@H](C(=O)O)[C@H](O)[C@@H](O)[C@@H]5O)c3O)C4=O)C(=O)c3cccc(O)c3C(=O)[C@]2(O)[C@H](C)O1. The number of methoxy groups -OCH3 is 2. The lowest BCUT2D eigenvalue weighted by atomic mass is 9.63. The van der Waals surface area contributed by atoms with Crippen molar-refractivity contribution in [1.29, 1.82) is 0 Å². The van der Waals surface area contributed by atoms with E-state index in [2.05, 4.69) is 0 Å². The van der Waals surface area contributed by atoms with Gasteiger partial charge in [-0.1, -0.05) is 12.1 Å². The highest BCUT2D eigenvalue weighted by molar-refractivity contribution is 8.03. The maximum absolute atomic E-state index is 15.5. The zero-order valence-electron chi connectivity index (χ0n) is 33.2. The number of ether oxygens (including phenoxy) is 6. The second-order valence-electron chi connectivity index (χ2n) is 15.8. The van der Waals surface area contributed by atoms with Crippen molar-refractivity contribution >= 4 is 52.8 Å². The number of Topliss-reactive ketones (excluding diaryl/α,β-unsaturated/α-hetero) is 4. The van der Waals surface area contributed by atoms with Crippen molar-refractivity contribution < 1.29 is 103 Å². The van der Waals surface area contributed by atoms with Crippen LogP contribution in [0.25, 0.3) is 0 Å². The molecule has 0 spiro atoms. The van der Waals surface area contributed by atoms with E-state index < -0.39 is 182 Å². The summed E-state index contributed by atoms with van der Waals surface area (Å²) in [6.45, 7) is 2.36. The maximum atomic E-state index is 15.5. The zero-order chi connectivity index (χ0) is 45.6. The smallest absolute Gasteiger partial charge is 0.335 e. The summed E-state index contributed by atoms with van der Waals surface area (Å²) in [5.74, 6) is -11.0. The summed E-state index contributed by atoms with van der Waals surface area (Å²) >= 11 is 0.226. The Kier molecular flexibility index (Phi) is 11.4. The molecule has 0 aromatic heterocycles. The Labute approximate surface area is 354 Å². The predicted molar refractivity (Wildman–Crippen MR) is 203 cm³/mol. The van der Waals surface area contributed by atoms with E-state index in [1.165, 1.54) is 19.1 Å². The van der Waals surface area contributed by atoms with Gasteiger partial charge in [-0.3, -0.25) is 28.8 Å². The lowest BCUT2D eigenvalue weighted by Crippen LogP contribution is -2.79. The predicted octanol–water partition coefficient (Wildman–Crippen LogP) is -1.02. The number of aliphatic hydroxyl groups is 5. The van der Waals surface area contributed by atoms with E-state index in [0.29, 0.717) is 0 Å². The molecule has 5 aliphatic rings. The van der Waals surface area contributed by atoms with E-state index in [0.717, 1.165) is 39.3 Å². The van der Waals surface area contributed by atoms with Gasteiger partial charge < -0.3 is 69.3 Å². The second kappa shape index (κ2) is 15.6. The van der Waals surface area contributed by atoms with E-state index in [9.17, 15) is 60.0 Å². The van der Waals surface area contributed by atoms with Gasteiger partial charge in [0.25, 0.3) is 0 Å². The molecule has 21 nitrogen and oxygen atoms in total. The van der Waals surface area contributed by atoms with E-state index in [4.69, 9.17) is 28.4 Å². The first-order valence-electron chi connectivity index (χ1n) is 19.1. The minimum Gasteiger partial charge on any atom is -0.507 e. The Morgan fingerprint density at radius 3 is 1.71 bits per heavy atom. The lowest BCUT2D eigenvalue weighted by Gasteiger charge is -2.61. The number of esters is 2. The van der Waals surface area contributed by atoms with Crippen LogP contribution >= 0.6 is 11.8 Å². The van der Waals surface area contributed by atoms with Crippen molar-refractivity contribution in [3.05, 3.63) is 52.6 Å². The highest BCUT2D eigenvalue weighted by atomic mass is 32.2. The van der Waals surface area contributed by atoms with Gasteiger partial charge in [0.1, 0.15) is 33.6 Å². The van der Waals surface area contributed by atoms with Crippen molar-refractivity contribution in [3.8, 4) is 17.2 Å². The van der Waals surface area contributed by atoms with Crippen LogP contribution in [0.4, 0.5) is 0 Å². The third kappa shape index (κ3) is 6.25. The Morgan fingerprint density at radius 1 is 0.710 bits per heavy atom. The molecule has 0 unspecified atom stereocenters. The van der Waals surface area contributed by atoms with Crippen molar-refractivity contribution in [2.75, 3.05) is 14.2 Å². The van der Waals surface area contributed by atoms with Crippen LogP contribution in [0.15, 0.2) is 30.3 Å². The van der Waals surface area contributed by atoms with Gasteiger partial charge in [0, 0.05) is 11.1 Å². The standard InChI is InChI=1S/C40H42O21S/c1-14-39(54)33(50)24-18(6-5-7-20(24)41)31(48)37(39,12-16(58-14)10-22(42)56-3)62-38-13-17(11-23(43)57-4)59-15(2)40(38,55)34(51)25-19(32(38)49)8-9-21(26(25)44)60-36-29(47)27(45)28(46)30(61-36)35(52)53/h5-9,14-17,27-30,36,41,44-47,54-55H,10-13H2,1-4H3,(H,52,53)/t14-,15-,16-,17-,27+,28+,29-,30+,36-,37+,38+,39+,40+/m0/s1. The number of thioether (sulfide) groups is 1. The minimum atomic E-state index is -3.18. The number of hydrogen-bond donors (Lipinski definition) is 8. The molecule has 62 heavy (non-hydrogen) atoms. The Balaban J connectivity index is 1.44. The van der Waals surface area contributed by atoms with Crippen molar-refractivity contribution in [2.24, 2.45) is 0 Å². The molecule has 0 amide bonds. The number of aliphatic hydroxyl groups excluding tert-OH is 3. The number of carboxylic acid groups (broad SMARTS) is 1. The fourth-order valence-corrected chi connectivity index (χ4v) is 11.7. The highest BCUT2D eigenvalue weighted by Crippen LogP contribution is 2.64. The van der Waals surface area contributed by atoms with Gasteiger partial charge in [0.15, 0.2) is 40.4 Å². The molecular weight excluding hydrogens is 848 g/mol. The maximum Gasteiger partial charge on any atom is 0.335 e. The van der Waals surface area contributed by atoms with Crippen LogP contribution < -0.4 is 4.74 Å². The molecule has 22 heteroatoms. The third-order valence-electron chi connectivity index (χ3n) is 12.4. The molecular formula is C40H42O21S. The molecule has 334 valence electrons. The summed E-state index contributed by atoms with van der Waals surface area (Å²) in [6, 6.07) is 5.35. The number of hydrogen-bond acceptors (Lipinski definition) is 21. The molecule has 3 fully saturated rings. The fourth-order valence-electron chi connectivity index (χ4n) is 9.30. The first kappa shape index (κ1) is 45.0. The number of carboxylic acids is 1. The number of aromatic hydroxyl groups is 2. The second-order valence-corrected chi connectivity index (χ2v) is 17.4. The summed E-state index contributed by atoms with van der Waals surface area (Å²) in [5, 5.41) is 88.9. The van der Waals surface area contributed by atoms with Crippen LogP contribution in [0, 0.1) is 0 Å². The molecule has 2 aromatic rings. The van der Waals surface area contributed by atoms with Gasteiger partial charge in [0.2, 0.25) is 17.9 Å². The topological polar surface area (TPSA) is 337 Å². The van der Waals surface area contributed by atoms with Crippen LogP contribution in [0.2, 0.25) is 0 Å². The molecule has 0 bridgehead atoms.